The molecule has 1 saturated heterocycles. The number of carbonyl (C=O) groups excluding carboxylic acids is 3. The lowest BCUT2D eigenvalue weighted by atomic mass is 10.1. The number of nitrogens with zero attached hydrogens (tertiary/aromatic N) is 2. The summed E-state index contributed by atoms with van der Waals surface area (Å²) < 4.78 is 0. The Kier molecular flexibility index (Phi) is 8.65. The third-order valence-electron chi connectivity index (χ3n) is 4.27. The molecular formula is C19H16Cl2N2O8S2. The Morgan fingerprint density at radius 3 is 2.42 bits per heavy atom. The minimum atomic E-state index is -1.15. The Labute approximate surface area is 205 Å². The van der Waals surface area contributed by atoms with Gasteiger partial charge in [0.1, 0.15) is 0 Å². The molecule has 2 aliphatic heterocycles. The molecule has 2 aliphatic rings. The van der Waals surface area contributed by atoms with E-state index in [9.17, 15) is 29.4 Å². The highest BCUT2D eigenvalue weighted by Crippen LogP contribution is 2.53. The van der Waals surface area contributed by atoms with E-state index in [4.69, 9.17) is 28.0 Å². The maximum absolute atomic E-state index is 11.8. The van der Waals surface area contributed by atoms with Crippen LogP contribution in [-0.2, 0) is 28.9 Å². The molecule has 33 heavy (non-hydrogen) atoms. The summed E-state index contributed by atoms with van der Waals surface area (Å²) in [5, 5.41) is 23.5. The van der Waals surface area contributed by atoms with E-state index in [2.05, 4.69) is 9.99 Å². The van der Waals surface area contributed by atoms with E-state index in [0.29, 0.717) is 29.8 Å². The molecule has 0 bridgehead atoms. The summed E-state index contributed by atoms with van der Waals surface area (Å²) in [5.74, 6) is -3.45. The van der Waals surface area contributed by atoms with Gasteiger partial charge in [-0.3, -0.25) is 14.4 Å². The van der Waals surface area contributed by atoms with E-state index >= 15 is 0 Å². The fourth-order valence-electron chi connectivity index (χ4n) is 2.82. The van der Waals surface area contributed by atoms with Gasteiger partial charge >= 0.3 is 11.9 Å². The van der Waals surface area contributed by atoms with Crippen molar-refractivity contribution in [3.63, 3.8) is 0 Å². The first-order valence-electron chi connectivity index (χ1n) is 9.31. The van der Waals surface area contributed by atoms with Crippen molar-refractivity contribution in [2.24, 2.45) is 5.16 Å². The van der Waals surface area contributed by atoms with Crippen LogP contribution in [0.2, 0.25) is 10.0 Å². The van der Waals surface area contributed by atoms with Crippen molar-refractivity contribution < 1.29 is 39.1 Å². The number of carboxylic acid groups (broad SMARTS) is 1. The number of aliphatic hydroxyl groups excluding tert-OH is 1. The lowest BCUT2D eigenvalue weighted by Crippen LogP contribution is -2.33. The molecule has 2 heterocycles. The minimum absolute atomic E-state index is 0.0443. The average molecular weight is 535 g/mol. The highest BCUT2D eigenvalue weighted by atomic mass is 35.5. The Bertz CT molecular complexity index is 1050. The molecule has 0 aromatic heterocycles. The maximum Gasteiger partial charge on any atom is 0.373 e. The summed E-state index contributed by atoms with van der Waals surface area (Å²) in [6, 6.07) is 3.25. The normalized spacial score (nSPS) is 19.6. The van der Waals surface area contributed by atoms with E-state index in [-0.39, 0.29) is 25.0 Å². The van der Waals surface area contributed by atoms with Gasteiger partial charge in [0.15, 0.2) is 0 Å². The van der Waals surface area contributed by atoms with Gasteiger partial charge in [0.25, 0.3) is 11.8 Å². The maximum atomic E-state index is 11.8. The molecule has 1 fully saturated rings. The molecule has 14 heteroatoms. The molecule has 0 spiro atoms. The van der Waals surface area contributed by atoms with Gasteiger partial charge in [-0.1, -0.05) is 40.1 Å². The van der Waals surface area contributed by atoms with Gasteiger partial charge < -0.3 is 19.9 Å². The fraction of sp³-hybridized carbons (Fsp3) is 0.316. The summed E-state index contributed by atoms with van der Waals surface area (Å²) in [5.41, 5.74) is 0.221. The van der Waals surface area contributed by atoms with Crippen molar-refractivity contribution in [1.29, 1.82) is 0 Å². The van der Waals surface area contributed by atoms with Crippen molar-refractivity contribution in [2.75, 3.05) is 13.2 Å². The molecule has 10 nitrogen and oxygen atoms in total. The van der Waals surface area contributed by atoms with Crippen LogP contribution in [0.25, 0.3) is 0 Å². The number of aliphatic carboxylic acids is 1. The van der Waals surface area contributed by atoms with Crippen LogP contribution < -0.4 is 0 Å². The van der Waals surface area contributed by atoms with Crippen LogP contribution in [0.1, 0.15) is 19.3 Å². The standard InChI is InChI=1S/C19H16Cl2N2O8S2/c20-10-1-2-11(21)19-18(10)32-12(7-24)17(33-19)9(5-15(27)28)6-22-30-8-16(29)31-23-13(25)3-4-14(23)26/h1-2,6,12,24H,3-5,7-8H2,(H,27,28)/b17-9-,22-6+. The molecule has 0 radical (unpaired) electrons. The smallest absolute Gasteiger partial charge is 0.373 e. The summed E-state index contributed by atoms with van der Waals surface area (Å²) in [6.07, 6.45) is 0.582. The van der Waals surface area contributed by atoms with Crippen LogP contribution in [0, 0.1) is 0 Å². The summed E-state index contributed by atoms with van der Waals surface area (Å²) in [7, 11) is 0. The number of fused-ring (bicyclic) bond motifs is 1. The minimum Gasteiger partial charge on any atom is -0.481 e. The van der Waals surface area contributed by atoms with Crippen molar-refractivity contribution in [2.45, 2.75) is 34.3 Å². The number of hydrogen-bond acceptors (Lipinski definition) is 10. The number of carboxylic acids is 1. The Morgan fingerprint density at radius 1 is 1.18 bits per heavy atom. The van der Waals surface area contributed by atoms with Gasteiger partial charge in [0, 0.05) is 27.5 Å². The zero-order valence-corrected chi connectivity index (χ0v) is 19.8. The van der Waals surface area contributed by atoms with E-state index in [1.807, 2.05) is 0 Å². The molecule has 3 rings (SSSR count). The zero-order chi connectivity index (χ0) is 24.1. The molecular weight excluding hydrogens is 519 g/mol. The number of thioether (sulfide) groups is 2. The van der Waals surface area contributed by atoms with Crippen molar-refractivity contribution in [3.05, 3.63) is 32.7 Å². The highest BCUT2D eigenvalue weighted by Gasteiger charge is 2.33. The first kappa shape index (κ1) is 25.4. The number of rotatable bonds is 8. The van der Waals surface area contributed by atoms with Gasteiger partial charge in [0.2, 0.25) is 6.61 Å². The lowest BCUT2D eigenvalue weighted by Gasteiger charge is -2.28. The second-order valence-electron chi connectivity index (χ2n) is 6.59. The molecule has 1 atom stereocenters. The average Bonchev–Trinajstić information content (AvgIpc) is 3.09. The first-order valence-corrected chi connectivity index (χ1v) is 11.8. The number of oxime groups is 1. The number of hydrogen-bond donors (Lipinski definition) is 2. The molecule has 2 amide bonds. The number of hydroxylamine groups is 2. The first-order chi connectivity index (χ1) is 15.7. The van der Waals surface area contributed by atoms with Gasteiger partial charge in [0.05, 0.1) is 34.5 Å². The van der Waals surface area contributed by atoms with Gasteiger partial charge in [-0.15, -0.1) is 16.8 Å². The van der Waals surface area contributed by atoms with Crippen molar-refractivity contribution in [3.8, 4) is 0 Å². The summed E-state index contributed by atoms with van der Waals surface area (Å²) in [6.45, 7) is -1.03. The van der Waals surface area contributed by atoms with E-state index in [1.54, 1.807) is 12.1 Å². The van der Waals surface area contributed by atoms with E-state index in [1.165, 1.54) is 23.5 Å². The molecule has 176 valence electrons. The van der Waals surface area contributed by atoms with E-state index in [0.717, 1.165) is 6.21 Å². The number of aliphatic hydroxyl groups is 1. The van der Waals surface area contributed by atoms with Crippen LogP contribution in [0.5, 0.6) is 0 Å². The number of halogens is 2. The number of amides is 2. The van der Waals surface area contributed by atoms with Crippen LogP contribution >= 0.6 is 46.7 Å². The highest BCUT2D eigenvalue weighted by molar-refractivity contribution is 8.09. The Hall–Kier alpha value is -2.25. The van der Waals surface area contributed by atoms with E-state index < -0.39 is 42.0 Å². The van der Waals surface area contributed by atoms with Crippen LogP contribution in [0.3, 0.4) is 0 Å². The topological polar surface area (TPSA) is 143 Å². The Morgan fingerprint density at radius 2 is 1.82 bits per heavy atom. The molecule has 1 aromatic rings. The van der Waals surface area contributed by atoms with Crippen molar-refractivity contribution >= 4 is 76.7 Å². The second kappa shape index (κ2) is 11.3. The van der Waals surface area contributed by atoms with Gasteiger partial charge in [-0.2, -0.15) is 0 Å². The van der Waals surface area contributed by atoms with Crippen LogP contribution in [0.15, 0.2) is 37.6 Å². The third kappa shape index (κ3) is 6.21. The molecule has 0 saturated carbocycles. The van der Waals surface area contributed by atoms with Crippen molar-refractivity contribution in [1.82, 2.24) is 5.06 Å². The zero-order valence-electron chi connectivity index (χ0n) is 16.7. The number of imide groups is 1. The second-order valence-corrected chi connectivity index (χ2v) is 9.67. The lowest BCUT2D eigenvalue weighted by molar-refractivity contribution is -0.200. The largest absolute Gasteiger partial charge is 0.481 e. The third-order valence-corrected chi connectivity index (χ3v) is 8.13. The number of carbonyl (C=O) groups is 4. The molecule has 2 N–H and O–H groups in total. The predicted octanol–water partition coefficient (Wildman–Crippen LogP) is 2.89. The van der Waals surface area contributed by atoms with Gasteiger partial charge in [-0.05, 0) is 17.7 Å². The predicted molar refractivity (Wildman–Crippen MR) is 120 cm³/mol. The number of benzene rings is 1. The quantitative estimate of drug-likeness (QED) is 0.290. The van der Waals surface area contributed by atoms with Gasteiger partial charge in [-0.25, -0.2) is 4.79 Å². The molecule has 0 aliphatic carbocycles. The SMILES string of the molecule is O=C(O)CC(/C=N/OCC(=O)ON1C(=O)CCC1=O)=C1/Sc2c(Cl)ccc(Cl)c2SC1CO. The fourth-order valence-corrected chi connectivity index (χ4v) is 6.12. The van der Waals surface area contributed by atoms with Crippen LogP contribution in [0.4, 0.5) is 0 Å². The summed E-state index contributed by atoms with van der Waals surface area (Å²) in [4.78, 5) is 57.4. The molecule has 1 aromatic carbocycles. The summed E-state index contributed by atoms with van der Waals surface area (Å²) >= 11 is 14.9. The monoisotopic (exact) mass is 534 g/mol. The molecule has 1 unspecified atom stereocenters. The Balaban J connectivity index is 1.75. The van der Waals surface area contributed by atoms with Crippen LogP contribution in [-0.4, -0.2) is 63.7 Å².